The number of hydrogen-bond donors (Lipinski definition) is 1. The lowest BCUT2D eigenvalue weighted by atomic mass is 9.94. The fourth-order valence-electron chi connectivity index (χ4n) is 5.47. The van der Waals surface area contributed by atoms with E-state index in [0.29, 0.717) is 60.2 Å². The minimum atomic E-state index is -1.11. The summed E-state index contributed by atoms with van der Waals surface area (Å²) in [5.41, 5.74) is 5.80. The van der Waals surface area contributed by atoms with Gasteiger partial charge in [0.15, 0.2) is 11.6 Å². The maximum Gasteiger partial charge on any atom is 0.165 e. The fourth-order valence-corrected chi connectivity index (χ4v) is 5.47. The van der Waals surface area contributed by atoms with Crippen LogP contribution in [0.25, 0.3) is 16.8 Å². The molecule has 0 saturated carbocycles. The first kappa shape index (κ1) is 34.4. The van der Waals surface area contributed by atoms with Crippen molar-refractivity contribution in [3.05, 3.63) is 73.3 Å². The molecular formula is C34H50F3N3O. The van der Waals surface area contributed by atoms with Crippen LogP contribution in [0.2, 0.25) is 0 Å². The number of alkyl halides is 1. The van der Waals surface area contributed by atoms with Gasteiger partial charge in [0.1, 0.15) is 11.5 Å². The molecule has 2 aromatic rings. The van der Waals surface area contributed by atoms with Gasteiger partial charge >= 0.3 is 0 Å². The number of likely N-dealkylation sites (tertiary alicyclic amines) is 2. The van der Waals surface area contributed by atoms with Gasteiger partial charge < -0.3 is 20.3 Å². The minimum Gasteiger partial charge on any atom is -0.490 e. The Morgan fingerprint density at radius 1 is 0.951 bits per heavy atom. The lowest BCUT2D eigenvalue weighted by Crippen LogP contribution is -2.44. The summed E-state index contributed by atoms with van der Waals surface area (Å²) < 4.78 is 50.4. The molecule has 2 N–H and O–H groups in total. The van der Waals surface area contributed by atoms with Crippen LogP contribution in [0.15, 0.2) is 56.1 Å². The molecule has 2 saturated heterocycles. The van der Waals surface area contributed by atoms with Crippen molar-refractivity contribution in [2.75, 3.05) is 46.4 Å². The summed E-state index contributed by atoms with van der Waals surface area (Å²) in [5, 5.41) is 0. The van der Waals surface area contributed by atoms with Crippen LogP contribution < -0.4 is 10.5 Å². The van der Waals surface area contributed by atoms with E-state index < -0.39 is 11.5 Å². The van der Waals surface area contributed by atoms with Gasteiger partial charge in [0.25, 0.3) is 0 Å². The predicted molar refractivity (Wildman–Crippen MR) is 167 cm³/mol. The van der Waals surface area contributed by atoms with Crippen molar-refractivity contribution in [3.63, 3.8) is 0 Å². The first-order chi connectivity index (χ1) is 19.7. The molecule has 0 aromatic heterocycles. The second-order valence-corrected chi connectivity index (χ2v) is 11.0. The van der Waals surface area contributed by atoms with Crippen LogP contribution in [-0.4, -0.2) is 61.8 Å². The third-order valence-corrected chi connectivity index (χ3v) is 8.31. The van der Waals surface area contributed by atoms with E-state index in [0.717, 1.165) is 45.4 Å². The van der Waals surface area contributed by atoms with Gasteiger partial charge in [0.05, 0.1) is 6.61 Å². The predicted octanol–water partition coefficient (Wildman–Crippen LogP) is 7.94. The number of nitrogens with zero attached hydrogens (tertiary/aromatic N) is 2. The SMILES string of the molecule is C=C.C=C(c1ccc(-c2ccc(OCC3CCN(CC(F)(CC)CC)CC3)c(F)c2)cc1F)N1CCC(C)C1.CN. The van der Waals surface area contributed by atoms with Crippen LogP contribution in [-0.2, 0) is 0 Å². The topological polar surface area (TPSA) is 41.7 Å². The van der Waals surface area contributed by atoms with Gasteiger partial charge in [0, 0.05) is 30.9 Å². The van der Waals surface area contributed by atoms with Crippen molar-refractivity contribution < 1.29 is 17.9 Å². The third kappa shape index (κ3) is 9.37. The van der Waals surface area contributed by atoms with E-state index in [-0.39, 0.29) is 11.6 Å². The van der Waals surface area contributed by atoms with E-state index >= 15 is 0 Å². The molecule has 2 heterocycles. The molecule has 0 aliphatic carbocycles. The molecule has 2 aliphatic rings. The van der Waals surface area contributed by atoms with Gasteiger partial charge in [-0.2, -0.15) is 0 Å². The Morgan fingerprint density at radius 3 is 2.05 bits per heavy atom. The van der Waals surface area contributed by atoms with Crippen LogP contribution in [0.1, 0.15) is 58.4 Å². The monoisotopic (exact) mass is 573 g/mol. The van der Waals surface area contributed by atoms with Crippen molar-refractivity contribution >= 4 is 5.70 Å². The summed E-state index contributed by atoms with van der Waals surface area (Å²) >= 11 is 0. The van der Waals surface area contributed by atoms with E-state index in [1.807, 2.05) is 19.9 Å². The van der Waals surface area contributed by atoms with Gasteiger partial charge in [0.2, 0.25) is 0 Å². The largest absolute Gasteiger partial charge is 0.490 e. The van der Waals surface area contributed by atoms with E-state index in [1.165, 1.54) is 19.2 Å². The van der Waals surface area contributed by atoms with E-state index in [4.69, 9.17) is 4.74 Å². The maximum atomic E-state index is 15.0. The molecule has 1 unspecified atom stereocenters. The number of hydrogen-bond acceptors (Lipinski definition) is 4. The second-order valence-electron chi connectivity index (χ2n) is 11.0. The molecule has 4 rings (SSSR count). The summed E-state index contributed by atoms with van der Waals surface area (Å²) in [4.78, 5) is 4.33. The molecule has 4 nitrogen and oxygen atoms in total. The molecule has 0 bridgehead atoms. The number of benzene rings is 2. The van der Waals surface area contributed by atoms with E-state index in [9.17, 15) is 13.2 Å². The van der Waals surface area contributed by atoms with Crippen LogP contribution >= 0.6 is 0 Å². The Kier molecular flexibility index (Phi) is 14.0. The number of nitrogens with two attached hydrogens (primary N) is 1. The molecule has 41 heavy (non-hydrogen) atoms. The average Bonchev–Trinajstić information content (AvgIpc) is 3.45. The van der Waals surface area contributed by atoms with Crippen molar-refractivity contribution in [3.8, 4) is 16.9 Å². The molecule has 0 spiro atoms. The third-order valence-electron chi connectivity index (χ3n) is 8.31. The maximum absolute atomic E-state index is 15.0. The highest BCUT2D eigenvalue weighted by atomic mass is 19.1. The zero-order chi connectivity index (χ0) is 30.6. The highest BCUT2D eigenvalue weighted by molar-refractivity contribution is 5.70. The highest BCUT2D eigenvalue weighted by Crippen LogP contribution is 2.32. The van der Waals surface area contributed by atoms with Crippen molar-refractivity contribution in [2.24, 2.45) is 17.6 Å². The Hall–Kier alpha value is -2.77. The molecule has 2 aromatic carbocycles. The highest BCUT2D eigenvalue weighted by Gasteiger charge is 2.30. The Morgan fingerprint density at radius 2 is 1.54 bits per heavy atom. The Bertz CT molecular complexity index is 1100. The first-order valence-corrected chi connectivity index (χ1v) is 14.9. The standard InChI is InChI=1S/C31H41F3N2O.C2H4.CH5N/c1-5-31(34,6-2)21-35-14-12-24(13-15-35)20-37-30-10-8-26(18-29(30)33)25-7-9-27(28(32)17-25)23(4)36-16-11-22(3)19-36;2*1-2/h7-10,17-18,22,24H,4-6,11-16,19-21H2,1-3H3;1-2H2;2H2,1H3. The molecule has 0 amide bonds. The van der Waals surface area contributed by atoms with E-state index in [1.54, 1.807) is 18.2 Å². The molecular weight excluding hydrogens is 523 g/mol. The van der Waals surface area contributed by atoms with Gasteiger partial charge in [-0.3, -0.25) is 0 Å². The first-order valence-electron chi connectivity index (χ1n) is 14.9. The van der Waals surface area contributed by atoms with Crippen molar-refractivity contribution in [2.45, 2.75) is 58.5 Å². The molecule has 1 atom stereocenters. The normalized spacial score (nSPS) is 17.8. The zero-order valence-electron chi connectivity index (χ0n) is 25.5. The molecule has 228 valence electrons. The van der Waals surface area contributed by atoms with Crippen molar-refractivity contribution in [1.82, 2.24) is 9.80 Å². The molecule has 2 fully saturated rings. The quantitative estimate of drug-likeness (QED) is 0.293. The summed E-state index contributed by atoms with van der Waals surface area (Å²) in [6.45, 7) is 20.5. The van der Waals surface area contributed by atoms with Gasteiger partial charge in [-0.05, 0) is 99.5 Å². The van der Waals surface area contributed by atoms with Gasteiger partial charge in [-0.1, -0.05) is 39.5 Å². The zero-order valence-corrected chi connectivity index (χ0v) is 25.5. The summed E-state index contributed by atoms with van der Waals surface area (Å²) in [6, 6.07) is 9.79. The van der Waals surface area contributed by atoms with Gasteiger partial charge in [-0.25, -0.2) is 13.2 Å². The number of halogens is 3. The Labute approximate surface area is 246 Å². The average molecular weight is 574 g/mol. The fraction of sp³-hybridized carbons (Fsp3) is 0.529. The summed E-state index contributed by atoms with van der Waals surface area (Å²) in [5.74, 6) is 0.305. The smallest absolute Gasteiger partial charge is 0.165 e. The van der Waals surface area contributed by atoms with Crippen LogP contribution in [0.5, 0.6) is 5.75 Å². The number of ether oxygens (including phenoxy) is 1. The molecule has 7 heteroatoms. The van der Waals surface area contributed by atoms with Gasteiger partial charge in [-0.15, -0.1) is 13.2 Å². The van der Waals surface area contributed by atoms with E-state index in [2.05, 4.69) is 42.2 Å². The summed E-state index contributed by atoms with van der Waals surface area (Å²) in [7, 11) is 1.50. The lowest BCUT2D eigenvalue weighted by Gasteiger charge is -2.36. The lowest BCUT2D eigenvalue weighted by molar-refractivity contribution is 0.0565. The molecule has 2 aliphatic heterocycles. The molecule has 0 radical (unpaired) electrons. The summed E-state index contributed by atoms with van der Waals surface area (Å²) in [6.07, 6.45) is 3.98. The van der Waals surface area contributed by atoms with Crippen molar-refractivity contribution in [1.29, 1.82) is 0 Å². The Balaban J connectivity index is 0.00000141. The van der Waals surface area contributed by atoms with Crippen LogP contribution in [0.3, 0.4) is 0 Å². The minimum absolute atomic E-state index is 0.208. The van der Waals surface area contributed by atoms with Crippen LogP contribution in [0, 0.1) is 23.5 Å². The van der Waals surface area contributed by atoms with Crippen LogP contribution in [0.4, 0.5) is 13.2 Å². The number of rotatable bonds is 10. The number of piperidine rings is 1. The second kappa shape index (κ2) is 16.6.